The van der Waals surface area contributed by atoms with Crippen LogP contribution < -0.4 is 10.5 Å². The summed E-state index contributed by atoms with van der Waals surface area (Å²) in [4.78, 5) is 10.9. The van der Waals surface area contributed by atoms with Crippen LogP contribution in [0, 0.1) is 0 Å². The van der Waals surface area contributed by atoms with Crippen LogP contribution in [0.3, 0.4) is 0 Å². The summed E-state index contributed by atoms with van der Waals surface area (Å²) in [6, 6.07) is 0. The van der Waals surface area contributed by atoms with Crippen molar-refractivity contribution >= 4 is 16.7 Å². The standard InChI is InChI=1S/C7H8N4O/c1-12-7-6-5(10-3-11-7)4(8)2-9-6/h2-3,9H,8H2,1H3. The Morgan fingerprint density at radius 3 is 3.08 bits per heavy atom. The number of hydrogen-bond donors (Lipinski definition) is 2. The smallest absolute Gasteiger partial charge is 0.241 e. The van der Waals surface area contributed by atoms with Crippen LogP contribution in [0.15, 0.2) is 12.5 Å². The molecule has 0 aliphatic heterocycles. The van der Waals surface area contributed by atoms with Crippen LogP contribution in [0.2, 0.25) is 0 Å². The summed E-state index contributed by atoms with van der Waals surface area (Å²) in [6.45, 7) is 0. The molecule has 0 amide bonds. The predicted octanol–water partition coefficient (Wildman–Crippen LogP) is 0.549. The Morgan fingerprint density at radius 1 is 1.50 bits per heavy atom. The number of fused-ring (bicyclic) bond motifs is 1. The highest BCUT2D eigenvalue weighted by atomic mass is 16.5. The Kier molecular flexibility index (Phi) is 1.36. The zero-order chi connectivity index (χ0) is 8.55. The Labute approximate surface area is 68.6 Å². The molecule has 0 aliphatic rings. The van der Waals surface area contributed by atoms with Gasteiger partial charge in [0.05, 0.1) is 12.8 Å². The molecule has 0 unspecified atom stereocenters. The molecule has 2 aromatic heterocycles. The fourth-order valence-electron chi connectivity index (χ4n) is 1.09. The summed E-state index contributed by atoms with van der Waals surface area (Å²) in [5.41, 5.74) is 7.66. The number of hydrogen-bond acceptors (Lipinski definition) is 4. The second kappa shape index (κ2) is 2.37. The molecule has 0 spiro atoms. The summed E-state index contributed by atoms with van der Waals surface area (Å²) in [6.07, 6.45) is 3.09. The van der Waals surface area contributed by atoms with E-state index in [-0.39, 0.29) is 0 Å². The summed E-state index contributed by atoms with van der Waals surface area (Å²) < 4.78 is 5.00. The number of aromatic amines is 1. The SMILES string of the molecule is COc1ncnc2c(N)c[nH]c12. The van der Waals surface area contributed by atoms with Gasteiger partial charge in [-0.1, -0.05) is 0 Å². The van der Waals surface area contributed by atoms with Crippen molar-refractivity contribution in [2.24, 2.45) is 0 Å². The lowest BCUT2D eigenvalue weighted by molar-refractivity contribution is 0.402. The zero-order valence-corrected chi connectivity index (χ0v) is 6.53. The first kappa shape index (κ1) is 6.90. The van der Waals surface area contributed by atoms with E-state index in [4.69, 9.17) is 10.5 Å². The van der Waals surface area contributed by atoms with Crippen molar-refractivity contribution in [1.29, 1.82) is 0 Å². The summed E-state index contributed by atoms with van der Waals surface area (Å²) in [5, 5.41) is 0. The third-order valence-corrected chi connectivity index (χ3v) is 1.65. The van der Waals surface area contributed by atoms with Crippen molar-refractivity contribution in [3.05, 3.63) is 12.5 Å². The third-order valence-electron chi connectivity index (χ3n) is 1.65. The van der Waals surface area contributed by atoms with Crippen LogP contribution in [-0.2, 0) is 0 Å². The van der Waals surface area contributed by atoms with Gasteiger partial charge in [-0.2, -0.15) is 4.98 Å². The van der Waals surface area contributed by atoms with Gasteiger partial charge in [0.25, 0.3) is 0 Å². The molecule has 12 heavy (non-hydrogen) atoms. The fraction of sp³-hybridized carbons (Fsp3) is 0.143. The maximum atomic E-state index is 5.62. The third kappa shape index (κ3) is 0.795. The molecule has 0 saturated heterocycles. The average Bonchev–Trinajstić information content (AvgIpc) is 2.48. The van der Waals surface area contributed by atoms with Gasteiger partial charge in [0.1, 0.15) is 17.4 Å². The first-order valence-electron chi connectivity index (χ1n) is 3.44. The van der Waals surface area contributed by atoms with Crippen molar-refractivity contribution < 1.29 is 4.74 Å². The lowest BCUT2D eigenvalue weighted by Gasteiger charge is -1.97. The van der Waals surface area contributed by atoms with Crippen molar-refractivity contribution in [3.8, 4) is 5.88 Å². The Balaban J connectivity index is 2.81. The lowest BCUT2D eigenvalue weighted by Crippen LogP contribution is -1.90. The zero-order valence-electron chi connectivity index (χ0n) is 6.53. The highest BCUT2D eigenvalue weighted by Gasteiger charge is 2.06. The predicted molar refractivity (Wildman–Crippen MR) is 44.9 cm³/mol. The summed E-state index contributed by atoms with van der Waals surface area (Å²) in [7, 11) is 1.55. The second-order valence-electron chi connectivity index (χ2n) is 2.35. The highest BCUT2D eigenvalue weighted by Crippen LogP contribution is 2.23. The fourth-order valence-corrected chi connectivity index (χ4v) is 1.09. The molecule has 2 aromatic rings. The number of nitrogens with one attached hydrogen (secondary N) is 1. The number of nitrogens with two attached hydrogens (primary N) is 1. The Morgan fingerprint density at radius 2 is 2.33 bits per heavy atom. The van der Waals surface area contributed by atoms with E-state index in [0.29, 0.717) is 17.1 Å². The molecular weight excluding hydrogens is 156 g/mol. The van der Waals surface area contributed by atoms with Gasteiger partial charge in [-0.05, 0) is 0 Å². The van der Waals surface area contributed by atoms with Crippen molar-refractivity contribution in [3.63, 3.8) is 0 Å². The van der Waals surface area contributed by atoms with Crippen LogP contribution in [-0.4, -0.2) is 22.1 Å². The van der Waals surface area contributed by atoms with Gasteiger partial charge in [0.15, 0.2) is 0 Å². The van der Waals surface area contributed by atoms with Crippen molar-refractivity contribution in [2.45, 2.75) is 0 Å². The molecule has 0 saturated carbocycles. The van der Waals surface area contributed by atoms with Crippen molar-refractivity contribution in [2.75, 3.05) is 12.8 Å². The molecule has 62 valence electrons. The van der Waals surface area contributed by atoms with E-state index >= 15 is 0 Å². The molecule has 5 heteroatoms. The maximum Gasteiger partial charge on any atom is 0.241 e. The molecule has 2 heterocycles. The lowest BCUT2D eigenvalue weighted by atomic mass is 10.4. The normalized spacial score (nSPS) is 10.4. The van der Waals surface area contributed by atoms with Gasteiger partial charge in [-0.25, -0.2) is 4.98 Å². The minimum absolute atomic E-state index is 0.511. The molecule has 5 nitrogen and oxygen atoms in total. The van der Waals surface area contributed by atoms with E-state index in [2.05, 4.69) is 15.0 Å². The van der Waals surface area contributed by atoms with Crippen LogP contribution in [0.5, 0.6) is 5.88 Å². The van der Waals surface area contributed by atoms with Gasteiger partial charge in [0, 0.05) is 6.20 Å². The monoisotopic (exact) mass is 164 g/mol. The highest BCUT2D eigenvalue weighted by molar-refractivity contribution is 5.90. The number of aromatic nitrogens is 3. The van der Waals surface area contributed by atoms with Gasteiger partial charge >= 0.3 is 0 Å². The summed E-state index contributed by atoms with van der Waals surface area (Å²) >= 11 is 0. The number of rotatable bonds is 1. The number of anilines is 1. The maximum absolute atomic E-state index is 5.62. The second-order valence-corrected chi connectivity index (χ2v) is 2.35. The van der Waals surface area contributed by atoms with Gasteiger partial charge in [0.2, 0.25) is 5.88 Å². The molecule has 0 bridgehead atoms. The minimum atomic E-state index is 0.511. The Hall–Kier alpha value is -1.78. The van der Waals surface area contributed by atoms with E-state index in [0.717, 1.165) is 5.52 Å². The number of methoxy groups -OCH3 is 1. The first-order valence-corrected chi connectivity index (χ1v) is 3.44. The Bertz CT molecular complexity index is 409. The van der Waals surface area contributed by atoms with Crippen LogP contribution >= 0.6 is 0 Å². The largest absolute Gasteiger partial charge is 0.479 e. The van der Waals surface area contributed by atoms with E-state index in [1.165, 1.54) is 6.33 Å². The first-order chi connectivity index (χ1) is 5.83. The average molecular weight is 164 g/mol. The molecule has 0 radical (unpaired) electrons. The quantitative estimate of drug-likeness (QED) is 0.645. The molecule has 0 fully saturated rings. The van der Waals surface area contributed by atoms with Crippen molar-refractivity contribution in [1.82, 2.24) is 15.0 Å². The molecule has 0 aromatic carbocycles. The van der Waals surface area contributed by atoms with E-state index in [9.17, 15) is 0 Å². The summed E-state index contributed by atoms with van der Waals surface area (Å²) in [5.74, 6) is 0.511. The van der Waals surface area contributed by atoms with E-state index in [1.807, 2.05) is 0 Å². The topological polar surface area (TPSA) is 76.8 Å². The molecule has 0 aliphatic carbocycles. The molecule has 2 rings (SSSR count). The van der Waals surface area contributed by atoms with E-state index in [1.54, 1.807) is 13.3 Å². The van der Waals surface area contributed by atoms with Gasteiger partial charge in [-0.15, -0.1) is 0 Å². The molecule has 3 N–H and O–H groups in total. The van der Waals surface area contributed by atoms with Crippen LogP contribution in [0.4, 0.5) is 5.69 Å². The van der Waals surface area contributed by atoms with E-state index < -0.39 is 0 Å². The number of nitrogens with zero attached hydrogens (tertiary/aromatic N) is 2. The minimum Gasteiger partial charge on any atom is -0.479 e. The van der Waals surface area contributed by atoms with Crippen LogP contribution in [0.25, 0.3) is 11.0 Å². The number of H-pyrrole nitrogens is 1. The van der Waals surface area contributed by atoms with Gasteiger partial charge < -0.3 is 15.5 Å². The van der Waals surface area contributed by atoms with Gasteiger partial charge in [-0.3, -0.25) is 0 Å². The molecule has 0 atom stereocenters. The number of nitrogen functional groups attached to an aromatic ring is 1. The molecular formula is C7H8N4O. The van der Waals surface area contributed by atoms with Crippen LogP contribution in [0.1, 0.15) is 0 Å². The number of ether oxygens (including phenoxy) is 1.